The number of halogens is 3. The Morgan fingerprint density at radius 2 is 1.69 bits per heavy atom. The molecule has 0 saturated carbocycles. The van der Waals surface area contributed by atoms with E-state index in [0.717, 1.165) is 26.9 Å². The lowest BCUT2D eigenvalue weighted by Gasteiger charge is -2.19. The van der Waals surface area contributed by atoms with Crippen LogP contribution in [0.4, 0.5) is 4.39 Å². The first-order chi connectivity index (χ1) is 18.9. The summed E-state index contributed by atoms with van der Waals surface area (Å²) in [6.45, 7) is 0.817. The fourth-order valence-corrected chi connectivity index (χ4v) is 4.75. The van der Waals surface area contributed by atoms with Crippen molar-refractivity contribution in [2.45, 2.75) is 13.1 Å². The maximum absolute atomic E-state index is 13.6. The van der Waals surface area contributed by atoms with Crippen molar-refractivity contribution in [3.05, 3.63) is 135 Å². The molecule has 0 aliphatic rings. The van der Waals surface area contributed by atoms with E-state index in [9.17, 15) is 9.18 Å². The van der Waals surface area contributed by atoms with Crippen molar-refractivity contribution in [2.24, 2.45) is 0 Å². The van der Waals surface area contributed by atoms with Crippen molar-refractivity contribution >= 4 is 33.4 Å². The molecular formula is C31H24BrClFN3O2. The molecule has 196 valence electrons. The molecule has 0 saturated heterocycles. The maximum atomic E-state index is 13.6. The zero-order valence-corrected chi connectivity index (χ0v) is 23.4. The van der Waals surface area contributed by atoms with Gasteiger partial charge in [0.25, 0.3) is 5.91 Å². The fourth-order valence-electron chi connectivity index (χ4n) is 4.22. The summed E-state index contributed by atoms with van der Waals surface area (Å²) in [5, 5.41) is 5.53. The van der Waals surface area contributed by atoms with Crippen molar-refractivity contribution in [2.75, 3.05) is 7.05 Å². The minimum Gasteiger partial charge on any atom is -0.456 e. The van der Waals surface area contributed by atoms with Crippen LogP contribution in [0.2, 0.25) is 5.02 Å². The molecule has 0 atom stereocenters. The van der Waals surface area contributed by atoms with Gasteiger partial charge in [0.05, 0.1) is 17.8 Å². The van der Waals surface area contributed by atoms with Crippen molar-refractivity contribution in [3.63, 3.8) is 0 Å². The zero-order valence-electron chi connectivity index (χ0n) is 21.0. The van der Waals surface area contributed by atoms with Crippen LogP contribution in [0.25, 0.3) is 11.3 Å². The number of hydrogen-bond donors (Lipinski definition) is 0. The molecule has 0 aliphatic heterocycles. The van der Waals surface area contributed by atoms with Crippen molar-refractivity contribution in [1.29, 1.82) is 0 Å². The number of ether oxygens (including phenoxy) is 1. The SMILES string of the molecule is CN(Cc1cn(Cc2ccccc2Cl)nc1-c1ccccc1)C(=O)c1ccc(Br)cc1Oc1ccc(F)cc1. The number of rotatable bonds is 8. The van der Waals surface area contributed by atoms with E-state index in [1.807, 2.05) is 65.5 Å². The molecule has 8 heteroatoms. The third-order valence-electron chi connectivity index (χ3n) is 6.14. The van der Waals surface area contributed by atoms with E-state index in [2.05, 4.69) is 15.9 Å². The first-order valence-corrected chi connectivity index (χ1v) is 13.4. The number of amides is 1. The summed E-state index contributed by atoms with van der Waals surface area (Å²) in [5.74, 6) is 0.207. The second kappa shape index (κ2) is 11.8. The second-order valence-corrected chi connectivity index (χ2v) is 10.3. The lowest BCUT2D eigenvalue weighted by atomic mass is 10.1. The van der Waals surface area contributed by atoms with Crippen LogP contribution in [0.1, 0.15) is 21.5 Å². The van der Waals surface area contributed by atoms with Gasteiger partial charge in [0.1, 0.15) is 17.3 Å². The van der Waals surface area contributed by atoms with Crippen LogP contribution in [-0.4, -0.2) is 27.6 Å². The first kappa shape index (κ1) is 26.7. The highest BCUT2D eigenvalue weighted by molar-refractivity contribution is 9.10. The molecule has 0 unspecified atom stereocenters. The predicted molar refractivity (Wildman–Crippen MR) is 155 cm³/mol. The van der Waals surface area contributed by atoms with E-state index in [0.29, 0.717) is 35.2 Å². The van der Waals surface area contributed by atoms with E-state index in [4.69, 9.17) is 21.4 Å². The van der Waals surface area contributed by atoms with Gasteiger partial charge in [-0.1, -0.05) is 76.1 Å². The van der Waals surface area contributed by atoms with Gasteiger partial charge in [-0.25, -0.2) is 4.39 Å². The van der Waals surface area contributed by atoms with Crippen LogP contribution in [0, 0.1) is 5.82 Å². The molecule has 5 aromatic rings. The number of nitrogens with zero attached hydrogens (tertiary/aromatic N) is 3. The Morgan fingerprint density at radius 1 is 0.974 bits per heavy atom. The van der Waals surface area contributed by atoms with Gasteiger partial charge < -0.3 is 9.64 Å². The molecule has 0 spiro atoms. The van der Waals surface area contributed by atoms with Crippen LogP contribution < -0.4 is 4.74 Å². The van der Waals surface area contributed by atoms with Gasteiger partial charge >= 0.3 is 0 Å². The lowest BCUT2D eigenvalue weighted by molar-refractivity contribution is 0.0782. The summed E-state index contributed by atoms with van der Waals surface area (Å²) >= 11 is 9.84. The smallest absolute Gasteiger partial charge is 0.257 e. The van der Waals surface area contributed by atoms with Crippen molar-refractivity contribution < 1.29 is 13.9 Å². The average Bonchev–Trinajstić information content (AvgIpc) is 3.33. The molecule has 1 aromatic heterocycles. The molecule has 0 bridgehead atoms. The highest BCUT2D eigenvalue weighted by Gasteiger charge is 2.21. The largest absolute Gasteiger partial charge is 0.456 e. The highest BCUT2D eigenvalue weighted by Crippen LogP contribution is 2.31. The van der Waals surface area contributed by atoms with Gasteiger partial charge in [-0.15, -0.1) is 0 Å². The van der Waals surface area contributed by atoms with Gasteiger partial charge in [-0.2, -0.15) is 5.10 Å². The Morgan fingerprint density at radius 3 is 2.44 bits per heavy atom. The molecule has 0 N–H and O–H groups in total. The van der Waals surface area contributed by atoms with Crippen LogP contribution >= 0.6 is 27.5 Å². The van der Waals surface area contributed by atoms with Crippen LogP contribution in [0.3, 0.4) is 0 Å². The van der Waals surface area contributed by atoms with E-state index < -0.39 is 0 Å². The minimum atomic E-state index is -0.364. The fraction of sp³-hybridized carbons (Fsp3) is 0.0968. The van der Waals surface area contributed by atoms with E-state index in [1.165, 1.54) is 24.3 Å². The normalized spacial score (nSPS) is 10.9. The molecule has 5 nitrogen and oxygen atoms in total. The summed E-state index contributed by atoms with van der Waals surface area (Å²) in [5.41, 5.74) is 3.97. The Balaban J connectivity index is 1.43. The molecule has 1 heterocycles. The van der Waals surface area contributed by atoms with Crippen molar-refractivity contribution in [1.82, 2.24) is 14.7 Å². The molecule has 0 radical (unpaired) electrons. The number of hydrogen-bond acceptors (Lipinski definition) is 3. The van der Waals surface area contributed by atoms with E-state index in [1.54, 1.807) is 30.1 Å². The summed E-state index contributed by atoms with van der Waals surface area (Å²) in [6.07, 6.45) is 1.95. The van der Waals surface area contributed by atoms with Crippen molar-refractivity contribution in [3.8, 4) is 22.8 Å². The predicted octanol–water partition coefficient (Wildman–Crippen LogP) is 8.22. The molecule has 0 aliphatic carbocycles. The summed E-state index contributed by atoms with van der Waals surface area (Å²) in [6, 6.07) is 28.4. The molecular weight excluding hydrogens is 581 g/mol. The lowest BCUT2D eigenvalue weighted by Crippen LogP contribution is -2.26. The molecule has 5 rings (SSSR count). The summed E-state index contributed by atoms with van der Waals surface area (Å²) < 4.78 is 21.9. The number of benzene rings is 4. The standard InChI is InChI=1S/C31H24BrClFN3O2/c1-36(31(38)27-16-11-24(32)17-29(27)39-26-14-12-25(34)13-15-26)18-23-20-37(19-22-9-5-6-10-28(22)33)35-30(23)21-7-3-2-4-8-21/h2-17,20H,18-19H2,1H3. The average molecular weight is 605 g/mol. The summed E-state index contributed by atoms with van der Waals surface area (Å²) in [7, 11) is 1.74. The third kappa shape index (κ3) is 6.38. The molecule has 4 aromatic carbocycles. The third-order valence-corrected chi connectivity index (χ3v) is 7.01. The van der Waals surface area contributed by atoms with E-state index >= 15 is 0 Å². The summed E-state index contributed by atoms with van der Waals surface area (Å²) in [4.78, 5) is 15.3. The Hall–Kier alpha value is -3.94. The van der Waals surface area contributed by atoms with E-state index in [-0.39, 0.29) is 11.7 Å². The first-order valence-electron chi connectivity index (χ1n) is 12.2. The number of aromatic nitrogens is 2. The van der Waals surface area contributed by atoms with Gasteiger partial charge in [0, 0.05) is 40.4 Å². The molecule has 1 amide bonds. The van der Waals surface area contributed by atoms with Gasteiger partial charge in [0.2, 0.25) is 0 Å². The van der Waals surface area contributed by atoms with Gasteiger partial charge in [-0.05, 0) is 54.1 Å². The molecule has 39 heavy (non-hydrogen) atoms. The zero-order chi connectivity index (χ0) is 27.4. The Bertz CT molecular complexity index is 1610. The number of carbonyl (C=O) groups is 1. The maximum Gasteiger partial charge on any atom is 0.257 e. The van der Waals surface area contributed by atoms with Crippen LogP contribution in [0.5, 0.6) is 11.5 Å². The minimum absolute atomic E-state index is 0.225. The Kier molecular flexibility index (Phi) is 8.10. The monoisotopic (exact) mass is 603 g/mol. The van der Waals surface area contributed by atoms with Crippen LogP contribution in [0.15, 0.2) is 108 Å². The second-order valence-electron chi connectivity index (χ2n) is 9.02. The Labute approximate surface area is 239 Å². The van der Waals surface area contributed by atoms with Crippen LogP contribution in [-0.2, 0) is 13.1 Å². The number of carbonyl (C=O) groups excluding carboxylic acids is 1. The molecule has 0 fully saturated rings. The highest BCUT2D eigenvalue weighted by atomic mass is 79.9. The topological polar surface area (TPSA) is 47.4 Å². The quantitative estimate of drug-likeness (QED) is 0.179. The van der Waals surface area contributed by atoms with Gasteiger partial charge in [0.15, 0.2) is 0 Å². The van der Waals surface area contributed by atoms with Gasteiger partial charge in [-0.3, -0.25) is 9.48 Å².